The summed E-state index contributed by atoms with van der Waals surface area (Å²) < 4.78 is 28.0. The van der Waals surface area contributed by atoms with Gasteiger partial charge in [-0.05, 0) is 23.9 Å². The smallest absolute Gasteiger partial charge is 0.286 e. The van der Waals surface area contributed by atoms with Crippen molar-refractivity contribution in [1.82, 2.24) is 15.3 Å². The van der Waals surface area contributed by atoms with E-state index in [9.17, 15) is 13.2 Å². The predicted molar refractivity (Wildman–Crippen MR) is 67.9 cm³/mol. The van der Waals surface area contributed by atoms with Crippen LogP contribution in [0.5, 0.6) is 0 Å². The molecule has 0 aromatic carbocycles. The van der Waals surface area contributed by atoms with Crippen molar-refractivity contribution >= 4 is 32.9 Å². The van der Waals surface area contributed by atoms with Crippen LogP contribution < -0.4 is 5.32 Å². The van der Waals surface area contributed by atoms with Gasteiger partial charge in [-0.1, -0.05) is 0 Å². The van der Waals surface area contributed by atoms with Crippen molar-refractivity contribution in [3.05, 3.63) is 22.9 Å². The molecule has 1 amide bonds. The maximum Gasteiger partial charge on any atom is 0.286 e. The average Bonchev–Trinajstić information content (AvgIpc) is 3.01. The molecule has 100 valence electrons. The number of hydrogen-bond donors (Lipinski definition) is 1. The van der Waals surface area contributed by atoms with Crippen LogP contribution in [0.3, 0.4) is 0 Å². The van der Waals surface area contributed by atoms with Gasteiger partial charge in [-0.3, -0.25) is 4.79 Å². The molecule has 3 rings (SSSR count). The average molecular weight is 299 g/mol. The van der Waals surface area contributed by atoms with Gasteiger partial charge in [0.1, 0.15) is 6.61 Å². The van der Waals surface area contributed by atoms with Gasteiger partial charge in [-0.2, -0.15) is 0 Å². The first-order chi connectivity index (χ1) is 8.89. The Balaban J connectivity index is 1.98. The summed E-state index contributed by atoms with van der Waals surface area (Å²) in [5.41, 5.74) is -0.304. The second kappa shape index (κ2) is 4.02. The van der Waals surface area contributed by atoms with Crippen LogP contribution in [0.25, 0.3) is 6.08 Å². The van der Waals surface area contributed by atoms with Gasteiger partial charge in [0.2, 0.25) is 15.0 Å². The summed E-state index contributed by atoms with van der Waals surface area (Å²) in [5.74, 6) is 0. The number of thioether (sulfide) groups is 1. The summed E-state index contributed by atoms with van der Waals surface area (Å²) in [7, 11) is -3.45. The van der Waals surface area contributed by atoms with Crippen LogP contribution in [0.2, 0.25) is 0 Å². The number of nitrogens with zero attached hydrogens (tertiary/aromatic N) is 2. The SMILES string of the molecule is CS(=O)(=O)c1nccc(/C=C2\SC(=O)NC23CO3)n1. The fourth-order valence-electron chi connectivity index (χ4n) is 1.61. The second-order valence-electron chi connectivity index (χ2n) is 4.18. The molecule has 0 aliphatic carbocycles. The highest BCUT2D eigenvalue weighted by atomic mass is 32.2. The summed E-state index contributed by atoms with van der Waals surface area (Å²) >= 11 is 1.02. The second-order valence-corrected chi connectivity index (χ2v) is 7.10. The van der Waals surface area contributed by atoms with E-state index in [4.69, 9.17) is 4.74 Å². The lowest BCUT2D eigenvalue weighted by atomic mass is 10.2. The van der Waals surface area contributed by atoms with E-state index in [1.165, 1.54) is 6.20 Å². The molecule has 19 heavy (non-hydrogen) atoms. The number of ether oxygens (including phenoxy) is 1. The Kier molecular flexibility index (Phi) is 2.66. The van der Waals surface area contributed by atoms with E-state index in [0.717, 1.165) is 18.0 Å². The lowest BCUT2D eigenvalue weighted by Gasteiger charge is -2.03. The number of aromatic nitrogens is 2. The summed E-state index contributed by atoms with van der Waals surface area (Å²) in [6.45, 7) is 0.418. The molecule has 2 aliphatic rings. The molecule has 2 saturated heterocycles. The van der Waals surface area contributed by atoms with Gasteiger partial charge in [0.15, 0.2) is 5.72 Å². The fourth-order valence-corrected chi connectivity index (χ4v) is 3.07. The number of nitrogens with one attached hydrogen (secondary N) is 1. The monoisotopic (exact) mass is 299 g/mol. The Morgan fingerprint density at radius 3 is 2.95 bits per heavy atom. The summed E-state index contributed by atoms with van der Waals surface area (Å²) in [5, 5.41) is 2.26. The minimum absolute atomic E-state index is 0.193. The zero-order chi connectivity index (χ0) is 13.7. The molecule has 2 aliphatic heterocycles. The molecule has 1 unspecified atom stereocenters. The molecule has 0 bridgehead atoms. The zero-order valence-electron chi connectivity index (χ0n) is 9.78. The lowest BCUT2D eigenvalue weighted by molar-refractivity contribution is 0.249. The summed E-state index contributed by atoms with van der Waals surface area (Å²) in [6, 6.07) is 1.57. The van der Waals surface area contributed by atoms with Crippen LogP contribution in [0, 0.1) is 0 Å². The number of epoxide rings is 1. The van der Waals surface area contributed by atoms with E-state index >= 15 is 0 Å². The van der Waals surface area contributed by atoms with Gasteiger partial charge in [-0.25, -0.2) is 18.4 Å². The predicted octanol–water partition coefficient (Wildman–Crippen LogP) is 0.404. The van der Waals surface area contributed by atoms with Crippen LogP contribution >= 0.6 is 11.8 Å². The van der Waals surface area contributed by atoms with Gasteiger partial charge in [0.25, 0.3) is 5.24 Å². The molecule has 1 atom stereocenters. The highest BCUT2D eigenvalue weighted by molar-refractivity contribution is 8.17. The molecule has 7 nitrogen and oxygen atoms in total. The van der Waals surface area contributed by atoms with E-state index in [2.05, 4.69) is 15.3 Å². The van der Waals surface area contributed by atoms with Crippen molar-refractivity contribution in [3.8, 4) is 0 Å². The third kappa shape index (κ3) is 2.36. The first-order valence-corrected chi connectivity index (χ1v) is 7.99. The number of carbonyl (C=O) groups excluding carboxylic acids is 1. The number of amides is 1. The van der Waals surface area contributed by atoms with Gasteiger partial charge in [0.05, 0.1) is 10.6 Å². The Morgan fingerprint density at radius 1 is 1.58 bits per heavy atom. The minimum Gasteiger partial charge on any atom is -0.343 e. The van der Waals surface area contributed by atoms with Gasteiger partial charge >= 0.3 is 0 Å². The molecule has 1 N–H and O–H groups in total. The molecule has 0 radical (unpaired) electrons. The van der Waals surface area contributed by atoms with Crippen molar-refractivity contribution < 1.29 is 17.9 Å². The van der Waals surface area contributed by atoms with E-state index < -0.39 is 15.6 Å². The van der Waals surface area contributed by atoms with Gasteiger partial charge < -0.3 is 10.1 Å². The lowest BCUT2D eigenvalue weighted by Crippen LogP contribution is -2.28. The number of hydrogen-bond acceptors (Lipinski definition) is 7. The number of carbonyl (C=O) groups is 1. The maximum absolute atomic E-state index is 11.4. The van der Waals surface area contributed by atoms with Gasteiger partial charge in [-0.15, -0.1) is 0 Å². The van der Waals surface area contributed by atoms with Crippen molar-refractivity contribution in [2.45, 2.75) is 10.9 Å². The van der Waals surface area contributed by atoms with Crippen molar-refractivity contribution in [3.63, 3.8) is 0 Å². The first kappa shape index (κ1) is 12.6. The van der Waals surface area contributed by atoms with Crippen molar-refractivity contribution in [2.75, 3.05) is 12.9 Å². The van der Waals surface area contributed by atoms with Crippen LogP contribution in [0.1, 0.15) is 5.69 Å². The molecule has 9 heteroatoms. The molecule has 3 heterocycles. The van der Waals surface area contributed by atoms with Crippen LogP contribution in [0.15, 0.2) is 22.3 Å². The van der Waals surface area contributed by atoms with Crippen LogP contribution in [-0.2, 0) is 14.6 Å². The topological polar surface area (TPSA) is 102 Å². The first-order valence-electron chi connectivity index (χ1n) is 5.28. The standard InChI is InChI=1S/C10H9N3O4S2/c1-19(15,16)8-11-3-2-6(12-8)4-7-10(5-17-10)13-9(14)18-7/h2-4H,5H2,1H3,(H,13,14)/b7-4-. The van der Waals surface area contributed by atoms with Crippen LogP contribution in [0.4, 0.5) is 4.79 Å². The quantitative estimate of drug-likeness (QED) is 0.623. The third-order valence-electron chi connectivity index (χ3n) is 2.60. The molecule has 1 aromatic rings. The molecule has 0 saturated carbocycles. The Bertz CT molecular complexity index is 694. The Morgan fingerprint density at radius 2 is 2.32 bits per heavy atom. The van der Waals surface area contributed by atoms with Crippen LogP contribution in [-0.4, -0.2) is 42.2 Å². The molecular formula is C10H9N3O4S2. The largest absolute Gasteiger partial charge is 0.343 e. The zero-order valence-corrected chi connectivity index (χ0v) is 11.4. The van der Waals surface area contributed by atoms with E-state index in [1.54, 1.807) is 12.1 Å². The van der Waals surface area contributed by atoms with Crippen molar-refractivity contribution in [1.29, 1.82) is 0 Å². The third-order valence-corrected chi connectivity index (χ3v) is 4.42. The molecule has 1 aromatic heterocycles. The molecule has 1 spiro atoms. The molecule has 2 fully saturated rings. The maximum atomic E-state index is 11.4. The minimum atomic E-state index is -3.45. The summed E-state index contributed by atoms with van der Waals surface area (Å²) in [6.07, 6.45) is 4.04. The highest BCUT2D eigenvalue weighted by Gasteiger charge is 2.55. The normalized spacial score (nSPS) is 27.8. The number of sulfone groups is 1. The fraction of sp³-hybridized carbons (Fsp3) is 0.300. The van der Waals surface area contributed by atoms with E-state index in [-0.39, 0.29) is 10.4 Å². The Hall–Kier alpha value is -1.45. The highest BCUT2D eigenvalue weighted by Crippen LogP contribution is 2.45. The number of rotatable bonds is 2. The van der Waals surface area contributed by atoms with E-state index in [0.29, 0.717) is 17.2 Å². The molecular weight excluding hydrogens is 290 g/mol. The Labute approximate surface area is 113 Å². The summed E-state index contributed by atoms with van der Waals surface area (Å²) in [4.78, 5) is 19.7. The van der Waals surface area contributed by atoms with Gasteiger partial charge in [0, 0.05) is 12.5 Å². The van der Waals surface area contributed by atoms with Crippen molar-refractivity contribution in [2.24, 2.45) is 0 Å². The van der Waals surface area contributed by atoms with E-state index in [1.807, 2.05) is 0 Å².